The Morgan fingerprint density at radius 3 is 2.38 bits per heavy atom. The molecule has 7 heteroatoms. The molecule has 0 bridgehead atoms. The fourth-order valence-electron chi connectivity index (χ4n) is 1.16. The van der Waals surface area contributed by atoms with Gasteiger partial charge in [-0.15, -0.1) is 0 Å². The molecule has 1 amide bonds. The first-order valence-electron chi connectivity index (χ1n) is 4.83. The number of carbonyl (C=O) groups is 1. The van der Waals surface area contributed by atoms with Crippen LogP contribution in [0.1, 0.15) is 13.8 Å². The molecule has 2 unspecified atom stereocenters. The first-order chi connectivity index (χ1) is 7.27. The van der Waals surface area contributed by atoms with Crippen molar-refractivity contribution in [3.05, 3.63) is 0 Å². The molecular formula is C9H17N3O3S. The molecular weight excluding hydrogens is 230 g/mol. The number of nitrogens with zero attached hydrogens (tertiary/aromatic N) is 2. The Morgan fingerprint density at radius 1 is 1.50 bits per heavy atom. The number of nitriles is 1. The van der Waals surface area contributed by atoms with Gasteiger partial charge in [-0.05, 0) is 6.92 Å². The highest BCUT2D eigenvalue weighted by atomic mass is 32.2. The van der Waals surface area contributed by atoms with Gasteiger partial charge in [-0.3, -0.25) is 4.79 Å². The Morgan fingerprint density at radius 2 is 2.00 bits per heavy atom. The van der Waals surface area contributed by atoms with Gasteiger partial charge >= 0.3 is 0 Å². The highest BCUT2D eigenvalue weighted by Gasteiger charge is 2.28. The number of sulfonamides is 1. The summed E-state index contributed by atoms with van der Waals surface area (Å²) in [6.07, 6.45) is 0. The number of carbonyl (C=O) groups excluding carboxylic acids is 1. The van der Waals surface area contributed by atoms with E-state index in [-0.39, 0.29) is 12.5 Å². The maximum Gasteiger partial charge on any atom is 0.229 e. The molecule has 0 heterocycles. The van der Waals surface area contributed by atoms with Gasteiger partial charge in [0.2, 0.25) is 15.9 Å². The fraction of sp³-hybridized carbons (Fsp3) is 0.778. The van der Waals surface area contributed by atoms with Crippen molar-refractivity contribution in [3.8, 4) is 6.07 Å². The van der Waals surface area contributed by atoms with Gasteiger partial charge in [0.15, 0.2) is 5.25 Å². The lowest BCUT2D eigenvalue weighted by Crippen LogP contribution is -2.40. The van der Waals surface area contributed by atoms with Crippen molar-refractivity contribution >= 4 is 15.9 Å². The summed E-state index contributed by atoms with van der Waals surface area (Å²) in [6, 6.07) is 1.67. The van der Waals surface area contributed by atoms with Gasteiger partial charge in [-0.1, -0.05) is 6.92 Å². The van der Waals surface area contributed by atoms with Crippen LogP contribution in [0.3, 0.4) is 0 Å². The summed E-state index contributed by atoms with van der Waals surface area (Å²) in [7, 11) is -0.779. The monoisotopic (exact) mass is 247 g/mol. The number of hydrogen-bond donors (Lipinski definition) is 1. The van der Waals surface area contributed by atoms with Crippen molar-refractivity contribution in [3.63, 3.8) is 0 Å². The van der Waals surface area contributed by atoms with E-state index in [1.165, 1.54) is 21.0 Å². The molecule has 0 rings (SSSR count). The summed E-state index contributed by atoms with van der Waals surface area (Å²) in [5.74, 6) is -0.678. The third-order valence-electron chi connectivity index (χ3n) is 2.29. The second kappa shape index (κ2) is 5.82. The molecule has 0 spiro atoms. The summed E-state index contributed by atoms with van der Waals surface area (Å²) < 4.78 is 24.4. The topological polar surface area (TPSA) is 90.3 Å². The van der Waals surface area contributed by atoms with Gasteiger partial charge in [0.1, 0.15) is 0 Å². The van der Waals surface area contributed by atoms with Gasteiger partial charge in [0.25, 0.3) is 0 Å². The van der Waals surface area contributed by atoms with Gasteiger partial charge in [0.05, 0.1) is 6.07 Å². The van der Waals surface area contributed by atoms with Crippen molar-refractivity contribution < 1.29 is 13.2 Å². The zero-order valence-corrected chi connectivity index (χ0v) is 10.7. The Kier molecular flexibility index (Phi) is 5.41. The maximum absolute atomic E-state index is 11.7. The van der Waals surface area contributed by atoms with Crippen LogP contribution in [0.5, 0.6) is 0 Å². The van der Waals surface area contributed by atoms with E-state index in [0.29, 0.717) is 0 Å². The summed E-state index contributed by atoms with van der Waals surface area (Å²) >= 11 is 0. The quantitative estimate of drug-likeness (QED) is 0.712. The average Bonchev–Trinajstić information content (AvgIpc) is 2.26. The van der Waals surface area contributed by atoms with Crippen LogP contribution in [0, 0.1) is 17.2 Å². The van der Waals surface area contributed by atoms with E-state index in [1.54, 1.807) is 13.0 Å². The van der Waals surface area contributed by atoms with E-state index < -0.39 is 21.2 Å². The Hall–Kier alpha value is -1.13. The van der Waals surface area contributed by atoms with Crippen LogP contribution in [0.15, 0.2) is 0 Å². The fourth-order valence-corrected chi connectivity index (χ4v) is 2.26. The summed E-state index contributed by atoms with van der Waals surface area (Å²) in [5.41, 5.74) is 0. The molecule has 0 aromatic carbocycles. The lowest BCUT2D eigenvalue weighted by molar-refractivity contribution is -0.124. The second-order valence-corrected chi connectivity index (χ2v) is 5.97. The van der Waals surface area contributed by atoms with E-state index in [9.17, 15) is 13.2 Å². The van der Waals surface area contributed by atoms with Crippen molar-refractivity contribution in [1.29, 1.82) is 5.26 Å². The molecule has 0 aliphatic heterocycles. The van der Waals surface area contributed by atoms with Crippen LogP contribution >= 0.6 is 0 Å². The SMILES string of the molecule is CNC(=O)C(C)CN(C)S(=O)(=O)C(C)C#N. The number of nitrogens with one attached hydrogen (secondary N) is 1. The number of hydrogen-bond acceptors (Lipinski definition) is 4. The first-order valence-corrected chi connectivity index (χ1v) is 6.34. The predicted molar refractivity (Wildman–Crippen MR) is 59.9 cm³/mol. The molecule has 16 heavy (non-hydrogen) atoms. The standard InChI is InChI=1S/C9H17N3O3S/c1-7(9(13)11-3)6-12(4)16(14,15)8(2)5-10/h7-8H,6H2,1-4H3,(H,11,13). The van der Waals surface area contributed by atoms with Crippen molar-refractivity contribution in [2.24, 2.45) is 5.92 Å². The van der Waals surface area contributed by atoms with Crippen molar-refractivity contribution in [1.82, 2.24) is 9.62 Å². The minimum absolute atomic E-state index is 0.0635. The van der Waals surface area contributed by atoms with Crippen LogP contribution in [0.4, 0.5) is 0 Å². The molecule has 2 atom stereocenters. The maximum atomic E-state index is 11.7. The van der Waals surface area contributed by atoms with Gasteiger partial charge in [0, 0.05) is 26.6 Å². The third kappa shape index (κ3) is 3.47. The zero-order valence-electron chi connectivity index (χ0n) is 9.89. The largest absolute Gasteiger partial charge is 0.359 e. The summed E-state index contributed by atoms with van der Waals surface area (Å²) in [4.78, 5) is 11.2. The molecule has 0 saturated heterocycles. The Balaban J connectivity index is 4.66. The van der Waals surface area contributed by atoms with E-state index >= 15 is 0 Å². The van der Waals surface area contributed by atoms with E-state index in [1.807, 2.05) is 0 Å². The molecule has 1 N–H and O–H groups in total. The molecule has 0 radical (unpaired) electrons. The molecule has 0 saturated carbocycles. The molecule has 0 fully saturated rings. The Labute approximate surface area is 96.3 Å². The molecule has 92 valence electrons. The van der Waals surface area contributed by atoms with Crippen molar-refractivity contribution in [2.75, 3.05) is 20.6 Å². The number of rotatable bonds is 5. The summed E-state index contributed by atoms with van der Waals surface area (Å²) in [6.45, 7) is 3.01. The summed E-state index contributed by atoms with van der Waals surface area (Å²) in [5, 5.41) is 9.91. The first kappa shape index (κ1) is 14.9. The van der Waals surface area contributed by atoms with Crippen molar-refractivity contribution in [2.45, 2.75) is 19.1 Å². The second-order valence-electron chi connectivity index (χ2n) is 3.61. The van der Waals surface area contributed by atoms with Crippen LogP contribution in [0.2, 0.25) is 0 Å². The average molecular weight is 247 g/mol. The van der Waals surface area contributed by atoms with E-state index in [4.69, 9.17) is 5.26 Å². The number of amides is 1. The van der Waals surface area contributed by atoms with Gasteiger partial charge in [-0.25, -0.2) is 12.7 Å². The minimum atomic E-state index is -3.63. The third-order valence-corrected chi connectivity index (χ3v) is 4.30. The van der Waals surface area contributed by atoms with Crippen LogP contribution < -0.4 is 5.32 Å². The molecule has 6 nitrogen and oxygen atoms in total. The zero-order chi connectivity index (χ0) is 12.9. The van der Waals surface area contributed by atoms with Crippen LogP contribution in [0.25, 0.3) is 0 Å². The molecule has 0 aliphatic carbocycles. The normalized spacial score (nSPS) is 15.2. The lowest BCUT2D eigenvalue weighted by Gasteiger charge is -2.21. The molecule has 0 aromatic rings. The smallest absolute Gasteiger partial charge is 0.229 e. The molecule has 0 aromatic heterocycles. The molecule has 0 aliphatic rings. The van der Waals surface area contributed by atoms with Crippen LogP contribution in [-0.2, 0) is 14.8 Å². The van der Waals surface area contributed by atoms with E-state index in [0.717, 1.165) is 4.31 Å². The van der Waals surface area contributed by atoms with Gasteiger partial charge in [-0.2, -0.15) is 5.26 Å². The Bertz CT molecular complexity index is 385. The van der Waals surface area contributed by atoms with Gasteiger partial charge < -0.3 is 5.32 Å². The highest BCUT2D eigenvalue weighted by Crippen LogP contribution is 2.09. The lowest BCUT2D eigenvalue weighted by atomic mass is 10.2. The minimum Gasteiger partial charge on any atom is -0.359 e. The predicted octanol–water partition coefficient (Wildman–Crippen LogP) is -0.458. The van der Waals surface area contributed by atoms with E-state index in [2.05, 4.69) is 5.32 Å². The van der Waals surface area contributed by atoms with Crippen LogP contribution in [-0.4, -0.2) is 44.5 Å². The highest BCUT2D eigenvalue weighted by molar-refractivity contribution is 7.89.